The molecule has 6 heteroatoms. The van der Waals surface area contributed by atoms with Crippen LogP contribution in [0.15, 0.2) is 33.4 Å². The van der Waals surface area contributed by atoms with Crippen LogP contribution in [-0.2, 0) is 17.6 Å². The molecule has 1 aromatic heterocycles. The van der Waals surface area contributed by atoms with Gasteiger partial charge in [0.05, 0.1) is 5.69 Å². The molecule has 0 saturated carbocycles. The average molecular weight is 361 g/mol. The first-order valence-corrected chi connectivity index (χ1v) is 7.94. The summed E-state index contributed by atoms with van der Waals surface area (Å²) in [6.07, 6.45) is 2.10. The molecular formula is C16H13BrN2O3. The Kier molecular flexibility index (Phi) is 3.07. The van der Waals surface area contributed by atoms with Gasteiger partial charge in [-0.1, -0.05) is 0 Å². The zero-order valence-corrected chi connectivity index (χ0v) is 13.3. The second-order valence-corrected chi connectivity index (χ2v) is 6.28. The third-order valence-electron chi connectivity index (χ3n) is 4.11. The standard InChI is InChI=1S/C16H13BrN2O3/c17-13-3-2-12(22-13)16(21)18-11-7-9-1-4-14(20)19-6-5-10(8-11)15(9)19/h2-3,7-8H,1,4-6H2,(H,18,21). The highest BCUT2D eigenvalue weighted by Gasteiger charge is 2.31. The van der Waals surface area contributed by atoms with Crippen molar-refractivity contribution in [1.82, 2.24) is 0 Å². The molecule has 2 aliphatic rings. The van der Waals surface area contributed by atoms with E-state index in [-0.39, 0.29) is 17.6 Å². The number of nitrogens with zero attached hydrogens (tertiary/aromatic N) is 1. The van der Waals surface area contributed by atoms with Crippen LogP contribution in [0.5, 0.6) is 0 Å². The monoisotopic (exact) mass is 360 g/mol. The van der Waals surface area contributed by atoms with Crippen LogP contribution in [0.25, 0.3) is 0 Å². The van der Waals surface area contributed by atoms with Gasteiger partial charge in [0.2, 0.25) is 5.91 Å². The molecule has 0 unspecified atom stereocenters. The molecule has 0 fully saturated rings. The van der Waals surface area contributed by atoms with Gasteiger partial charge in [0.15, 0.2) is 10.4 Å². The number of benzene rings is 1. The summed E-state index contributed by atoms with van der Waals surface area (Å²) >= 11 is 3.19. The molecule has 3 heterocycles. The first-order chi connectivity index (χ1) is 10.6. The van der Waals surface area contributed by atoms with Crippen LogP contribution < -0.4 is 10.2 Å². The zero-order chi connectivity index (χ0) is 15.3. The molecule has 1 N–H and O–H groups in total. The van der Waals surface area contributed by atoms with Gasteiger partial charge >= 0.3 is 0 Å². The van der Waals surface area contributed by atoms with Crippen LogP contribution in [0.4, 0.5) is 11.4 Å². The normalized spacial score (nSPS) is 15.9. The quantitative estimate of drug-likeness (QED) is 0.894. The topological polar surface area (TPSA) is 62.6 Å². The van der Waals surface area contributed by atoms with Gasteiger partial charge in [-0.25, -0.2) is 0 Å². The number of nitrogens with one attached hydrogen (secondary N) is 1. The molecule has 4 rings (SSSR count). The molecule has 1 aromatic carbocycles. The first kappa shape index (κ1) is 13.6. The van der Waals surface area contributed by atoms with Crippen molar-refractivity contribution in [2.75, 3.05) is 16.8 Å². The summed E-state index contributed by atoms with van der Waals surface area (Å²) in [5, 5.41) is 2.87. The predicted octanol–water partition coefficient (Wildman–Crippen LogP) is 3.13. The minimum Gasteiger partial charge on any atom is -0.444 e. The van der Waals surface area contributed by atoms with Gasteiger partial charge in [-0.3, -0.25) is 9.59 Å². The summed E-state index contributed by atoms with van der Waals surface area (Å²) in [7, 11) is 0. The minimum atomic E-state index is -0.278. The lowest BCUT2D eigenvalue weighted by atomic mass is 9.98. The number of hydrogen-bond donors (Lipinski definition) is 1. The largest absolute Gasteiger partial charge is 0.444 e. The van der Waals surface area contributed by atoms with Gasteiger partial charge < -0.3 is 14.6 Å². The van der Waals surface area contributed by atoms with E-state index < -0.39 is 0 Å². The lowest BCUT2D eigenvalue weighted by Gasteiger charge is -2.25. The van der Waals surface area contributed by atoms with E-state index >= 15 is 0 Å². The van der Waals surface area contributed by atoms with Crippen LogP contribution in [0.3, 0.4) is 0 Å². The minimum absolute atomic E-state index is 0.198. The van der Waals surface area contributed by atoms with Gasteiger partial charge in [0.25, 0.3) is 5.91 Å². The Morgan fingerprint density at radius 3 is 2.68 bits per heavy atom. The van der Waals surface area contributed by atoms with Crippen molar-refractivity contribution >= 4 is 39.1 Å². The van der Waals surface area contributed by atoms with Crippen LogP contribution in [0.2, 0.25) is 0 Å². The van der Waals surface area contributed by atoms with E-state index in [1.165, 1.54) is 0 Å². The Balaban J connectivity index is 1.65. The summed E-state index contributed by atoms with van der Waals surface area (Å²) in [5.41, 5.74) is 4.06. The van der Waals surface area contributed by atoms with Crippen molar-refractivity contribution in [3.8, 4) is 0 Å². The summed E-state index contributed by atoms with van der Waals surface area (Å²) in [6.45, 7) is 0.740. The SMILES string of the molecule is O=C(Nc1cc2c3c(c1)CCN3C(=O)CC2)c1ccc(Br)o1. The molecule has 112 valence electrons. The molecule has 0 saturated heterocycles. The molecule has 0 aliphatic carbocycles. The highest BCUT2D eigenvalue weighted by atomic mass is 79.9. The van der Waals surface area contributed by atoms with Gasteiger partial charge in [-0.05, 0) is 64.2 Å². The Morgan fingerprint density at radius 1 is 1.18 bits per heavy atom. The third kappa shape index (κ3) is 2.14. The lowest BCUT2D eigenvalue weighted by molar-refractivity contribution is -0.118. The van der Waals surface area contributed by atoms with Gasteiger partial charge in [0, 0.05) is 18.7 Å². The fraction of sp³-hybridized carbons (Fsp3) is 0.250. The van der Waals surface area contributed by atoms with Crippen LogP contribution in [-0.4, -0.2) is 18.4 Å². The maximum absolute atomic E-state index is 12.2. The van der Waals surface area contributed by atoms with Gasteiger partial charge in [-0.15, -0.1) is 0 Å². The number of hydrogen-bond acceptors (Lipinski definition) is 3. The number of carbonyl (C=O) groups excluding carboxylic acids is 2. The van der Waals surface area contributed by atoms with E-state index in [2.05, 4.69) is 21.2 Å². The van der Waals surface area contributed by atoms with Crippen molar-refractivity contribution in [2.45, 2.75) is 19.3 Å². The van der Waals surface area contributed by atoms with Crippen molar-refractivity contribution in [3.05, 3.63) is 45.8 Å². The van der Waals surface area contributed by atoms with Crippen LogP contribution >= 0.6 is 15.9 Å². The molecule has 5 nitrogen and oxygen atoms in total. The smallest absolute Gasteiger partial charge is 0.291 e. The summed E-state index contributed by atoms with van der Waals surface area (Å²) in [5.74, 6) is 0.181. The highest BCUT2D eigenvalue weighted by molar-refractivity contribution is 9.10. The van der Waals surface area contributed by atoms with E-state index in [9.17, 15) is 9.59 Å². The van der Waals surface area contributed by atoms with Crippen molar-refractivity contribution in [3.63, 3.8) is 0 Å². The summed E-state index contributed by atoms with van der Waals surface area (Å²) in [6, 6.07) is 7.22. The fourth-order valence-electron chi connectivity index (χ4n) is 3.16. The molecule has 0 atom stereocenters. The third-order valence-corrected chi connectivity index (χ3v) is 4.53. The van der Waals surface area contributed by atoms with E-state index in [1.807, 2.05) is 17.0 Å². The number of amides is 2. The van der Waals surface area contributed by atoms with Crippen molar-refractivity contribution < 1.29 is 14.0 Å². The molecule has 22 heavy (non-hydrogen) atoms. The van der Waals surface area contributed by atoms with Gasteiger partial charge in [-0.2, -0.15) is 0 Å². The fourth-order valence-corrected chi connectivity index (χ4v) is 3.47. The van der Waals surface area contributed by atoms with E-state index in [1.54, 1.807) is 12.1 Å². The van der Waals surface area contributed by atoms with E-state index in [4.69, 9.17) is 4.42 Å². The number of rotatable bonds is 2. The number of halogens is 1. The Morgan fingerprint density at radius 2 is 1.95 bits per heavy atom. The van der Waals surface area contributed by atoms with Crippen molar-refractivity contribution in [1.29, 1.82) is 0 Å². The number of furan rings is 1. The van der Waals surface area contributed by atoms with Crippen LogP contribution in [0.1, 0.15) is 28.1 Å². The van der Waals surface area contributed by atoms with Crippen LogP contribution in [0, 0.1) is 0 Å². The first-order valence-electron chi connectivity index (χ1n) is 7.14. The van der Waals surface area contributed by atoms with Crippen molar-refractivity contribution in [2.24, 2.45) is 0 Å². The highest BCUT2D eigenvalue weighted by Crippen LogP contribution is 2.38. The molecular weight excluding hydrogens is 348 g/mol. The summed E-state index contributed by atoms with van der Waals surface area (Å²) < 4.78 is 5.78. The maximum Gasteiger partial charge on any atom is 0.291 e. The molecule has 0 spiro atoms. The Bertz CT molecular complexity index is 797. The second kappa shape index (κ2) is 4.98. The number of aryl methyl sites for hydroxylation is 1. The number of anilines is 2. The molecule has 2 aliphatic heterocycles. The molecule has 2 amide bonds. The van der Waals surface area contributed by atoms with Gasteiger partial charge in [0.1, 0.15) is 0 Å². The molecule has 2 aromatic rings. The zero-order valence-electron chi connectivity index (χ0n) is 11.7. The second-order valence-electron chi connectivity index (χ2n) is 5.50. The predicted molar refractivity (Wildman–Crippen MR) is 85.2 cm³/mol. The summed E-state index contributed by atoms with van der Waals surface area (Å²) in [4.78, 5) is 25.9. The Hall–Kier alpha value is -2.08. The number of carbonyl (C=O) groups is 2. The maximum atomic E-state index is 12.2. The lowest BCUT2D eigenvalue weighted by Crippen LogP contribution is -2.32. The average Bonchev–Trinajstić information content (AvgIpc) is 3.10. The molecule has 0 radical (unpaired) electrons. The van der Waals surface area contributed by atoms with E-state index in [0.29, 0.717) is 11.1 Å². The molecule has 0 bridgehead atoms. The Labute approximate surface area is 135 Å². The van der Waals surface area contributed by atoms with E-state index in [0.717, 1.165) is 41.9 Å².